The summed E-state index contributed by atoms with van der Waals surface area (Å²) in [6.45, 7) is 1.51. The van der Waals surface area contributed by atoms with Gasteiger partial charge in [-0.2, -0.15) is 18.2 Å². The van der Waals surface area contributed by atoms with Crippen molar-refractivity contribution >= 4 is 21.8 Å². The first-order valence-corrected chi connectivity index (χ1v) is 10.2. The lowest BCUT2D eigenvalue weighted by atomic mass is 10.3. The number of carbonyl (C=O) groups is 1. The van der Waals surface area contributed by atoms with Gasteiger partial charge >= 0.3 is 16.1 Å². The van der Waals surface area contributed by atoms with Gasteiger partial charge in [0.15, 0.2) is 5.75 Å². The second kappa shape index (κ2) is 8.75. The Morgan fingerprint density at radius 3 is 2.35 bits per heavy atom. The smallest absolute Gasteiger partial charge is 0.362 e. The topological polar surface area (TPSA) is 148 Å². The van der Waals surface area contributed by atoms with E-state index in [0.29, 0.717) is 5.69 Å². The van der Waals surface area contributed by atoms with Crippen molar-refractivity contribution in [1.82, 2.24) is 9.78 Å². The van der Waals surface area contributed by atoms with Crippen LogP contribution in [-0.4, -0.2) is 35.7 Å². The number of carbonyl (C=O) groups excluding carboxylic acids is 1. The average Bonchev–Trinajstić information content (AvgIpc) is 2.74. The molecule has 0 radical (unpaired) electrons. The molecule has 0 atom stereocenters. The van der Waals surface area contributed by atoms with Crippen LogP contribution in [0.4, 0.5) is 5.69 Å². The summed E-state index contributed by atoms with van der Waals surface area (Å²) in [6, 6.07) is 12.8. The second-order valence-electron chi connectivity index (χ2n) is 5.95. The van der Waals surface area contributed by atoms with Crippen LogP contribution in [0.2, 0.25) is 0 Å². The molecule has 2 aromatic carbocycles. The molecule has 0 spiro atoms. The van der Waals surface area contributed by atoms with Gasteiger partial charge in [0.05, 0.1) is 23.3 Å². The summed E-state index contributed by atoms with van der Waals surface area (Å²) >= 11 is 0. The number of hydrogen-bond acceptors (Lipinski definition) is 9. The van der Waals surface area contributed by atoms with Gasteiger partial charge in [-0.05, 0) is 31.2 Å². The van der Waals surface area contributed by atoms with Gasteiger partial charge in [-0.1, -0.05) is 18.2 Å². The minimum absolute atomic E-state index is 0.0283. The zero-order valence-electron chi connectivity index (χ0n) is 16.0. The number of nitrogens with zero attached hydrogens (tertiary/aromatic N) is 3. The molecule has 31 heavy (non-hydrogen) atoms. The van der Waals surface area contributed by atoms with Gasteiger partial charge in [-0.15, -0.1) is 0 Å². The highest BCUT2D eigenvalue weighted by molar-refractivity contribution is 7.87. The number of nitro benzene ring substituents is 1. The highest BCUT2D eigenvalue weighted by Crippen LogP contribution is 2.23. The molecule has 3 aromatic rings. The zero-order valence-corrected chi connectivity index (χ0v) is 16.8. The predicted octanol–water partition coefficient (Wildman–Crippen LogP) is 2.09. The first-order chi connectivity index (χ1) is 14.7. The molecule has 0 fully saturated rings. The summed E-state index contributed by atoms with van der Waals surface area (Å²) in [5.74, 6) is -1.63. The van der Waals surface area contributed by atoms with E-state index in [1.54, 1.807) is 37.3 Å². The van der Waals surface area contributed by atoms with Gasteiger partial charge < -0.3 is 8.92 Å². The van der Waals surface area contributed by atoms with Crippen molar-refractivity contribution in [2.75, 3.05) is 6.61 Å². The first kappa shape index (κ1) is 21.6. The fourth-order valence-electron chi connectivity index (χ4n) is 2.50. The van der Waals surface area contributed by atoms with Crippen LogP contribution in [0.15, 0.2) is 70.4 Å². The number of rotatable bonds is 7. The van der Waals surface area contributed by atoms with Gasteiger partial charge in [-0.25, -0.2) is 4.79 Å². The van der Waals surface area contributed by atoms with E-state index >= 15 is 0 Å². The standard InChI is InChI=1S/C19H15N3O8S/c1-2-29-19(24)18-16(12-17(23)21(20-18)13-6-4-3-5-7-13)30-31(27,28)15-10-8-14(9-11-15)22(25)26/h3-12H,2H2,1H3. The average molecular weight is 445 g/mol. The van der Waals surface area contributed by atoms with Crippen LogP contribution in [0.3, 0.4) is 0 Å². The SMILES string of the molecule is CCOC(=O)c1nn(-c2ccccc2)c(=O)cc1OS(=O)(=O)c1ccc([N+](=O)[O-])cc1. The maximum atomic E-state index is 12.6. The lowest BCUT2D eigenvalue weighted by molar-refractivity contribution is -0.384. The van der Waals surface area contributed by atoms with Crippen LogP contribution in [0.5, 0.6) is 5.75 Å². The van der Waals surface area contributed by atoms with Gasteiger partial charge in [0.2, 0.25) is 5.69 Å². The van der Waals surface area contributed by atoms with Crippen molar-refractivity contribution in [3.05, 3.63) is 86.8 Å². The summed E-state index contributed by atoms with van der Waals surface area (Å²) in [7, 11) is -4.54. The Hall–Kier alpha value is -4.06. The molecular weight excluding hydrogens is 430 g/mol. The molecule has 0 aliphatic carbocycles. The Balaban J connectivity index is 2.07. The Morgan fingerprint density at radius 1 is 1.13 bits per heavy atom. The van der Waals surface area contributed by atoms with Crippen molar-refractivity contribution in [2.24, 2.45) is 0 Å². The largest absolute Gasteiger partial charge is 0.461 e. The minimum atomic E-state index is -4.54. The Labute approximate surface area is 175 Å². The monoisotopic (exact) mass is 445 g/mol. The van der Waals surface area contributed by atoms with E-state index in [4.69, 9.17) is 8.92 Å². The molecule has 0 saturated carbocycles. The van der Waals surface area contributed by atoms with Crippen LogP contribution < -0.4 is 9.74 Å². The fraction of sp³-hybridized carbons (Fsp3) is 0.105. The summed E-state index contributed by atoms with van der Waals surface area (Å²) in [4.78, 5) is 34.5. The molecule has 0 aliphatic heterocycles. The molecule has 1 aromatic heterocycles. The normalized spacial score (nSPS) is 11.0. The van der Waals surface area contributed by atoms with Crippen molar-refractivity contribution in [3.8, 4) is 11.4 Å². The van der Waals surface area contributed by atoms with Crippen molar-refractivity contribution < 1.29 is 27.1 Å². The Kier molecular flexibility index (Phi) is 6.11. The molecule has 0 saturated heterocycles. The summed E-state index contributed by atoms with van der Waals surface area (Å²) in [5, 5.41) is 14.7. The second-order valence-corrected chi connectivity index (χ2v) is 7.50. The van der Waals surface area contributed by atoms with Crippen molar-refractivity contribution in [2.45, 2.75) is 11.8 Å². The van der Waals surface area contributed by atoms with E-state index in [0.717, 1.165) is 35.0 Å². The van der Waals surface area contributed by atoms with Gasteiger partial charge in [-0.3, -0.25) is 14.9 Å². The van der Waals surface area contributed by atoms with Crippen molar-refractivity contribution in [1.29, 1.82) is 0 Å². The highest BCUT2D eigenvalue weighted by Gasteiger charge is 2.26. The lowest BCUT2D eigenvalue weighted by Gasteiger charge is -2.12. The first-order valence-electron chi connectivity index (χ1n) is 8.79. The number of hydrogen-bond donors (Lipinski definition) is 0. The molecule has 0 aliphatic rings. The van der Waals surface area contributed by atoms with Gasteiger partial charge in [0.1, 0.15) is 4.90 Å². The van der Waals surface area contributed by atoms with Gasteiger partial charge in [0.25, 0.3) is 11.2 Å². The van der Waals surface area contributed by atoms with Crippen molar-refractivity contribution in [3.63, 3.8) is 0 Å². The number of aromatic nitrogens is 2. The minimum Gasteiger partial charge on any atom is -0.461 e. The van der Waals surface area contributed by atoms with Gasteiger partial charge in [0, 0.05) is 12.1 Å². The highest BCUT2D eigenvalue weighted by atomic mass is 32.2. The molecule has 0 unspecified atom stereocenters. The molecule has 160 valence electrons. The molecule has 3 rings (SSSR count). The quantitative estimate of drug-likeness (QED) is 0.231. The molecular formula is C19H15N3O8S. The Morgan fingerprint density at radius 2 is 1.77 bits per heavy atom. The number of ether oxygens (including phenoxy) is 1. The number of esters is 1. The van der Waals surface area contributed by atoms with Crippen LogP contribution in [0.1, 0.15) is 17.4 Å². The van der Waals surface area contributed by atoms with E-state index in [-0.39, 0.29) is 12.3 Å². The number of para-hydroxylation sites is 1. The van der Waals surface area contributed by atoms with Crippen LogP contribution >= 0.6 is 0 Å². The molecule has 1 heterocycles. The molecule has 0 N–H and O–H groups in total. The summed E-state index contributed by atoms with van der Waals surface area (Å²) < 4.78 is 36.0. The number of non-ortho nitro benzene ring substituents is 1. The third kappa shape index (κ3) is 4.75. The maximum absolute atomic E-state index is 12.6. The molecule has 0 bridgehead atoms. The molecule has 12 heteroatoms. The van der Waals surface area contributed by atoms with Crippen LogP contribution in [0, 0.1) is 10.1 Å². The fourth-order valence-corrected chi connectivity index (χ4v) is 3.43. The van der Waals surface area contributed by atoms with E-state index in [9.17, 15) is 28.1 Å². The third-order valence-electron chi connectivity index (χ3n) is 3.90. The van der Waals surface area contributed by atoms with E-state index in [1.807, 2.05) is 0 Å². The van der Waals surface area contributed by atoms with E-state index in [2.05, 4.69) is 5.10 Å². The zero-order chi connectivity index (χ0) is 22.6. The molecule has 0 amide bonds. The summed E-state index contributed by atoms with van der Waals surface area (Å²) in [5.41, 5.74) is -1.27. The van der Waals surface area contributed by atoms with Crippen LogP contribution in [0.25, 0.3) is 5.69 Å². The number of benzene rings is 2. The van der Waals surface area contributed by atoms with E-state index < -0.39 is 42.9 Å². The van der Waals surface area contributed by atoms with E-state index in [1.165, 1.54) is 0 Å². The maximum Gasteiger partial charge on any atom is 0.362 e. The van der Waals surface area contributed by atoms with Crippen LogP contribution in [-0.2, 0) is 14.9 Å². The number of nitro groups is 1. The molecule has 11 nitrogen and oxygen atoms in total. The lowest BCUT2D eigenvalue weighted by Crippen LogP contribution is -2.26. The predicted molar refractivity (Wildman–Crippen MR) is 107 cm³/mol. The summed E-state index contributed by atoms with van der Waals surface area (Å²) in [6.07, 6.45) is 0. The third-order valence-corrected chi connectivity index (χ3v) is 5.15. The Bertz CT molecular complexity index is 1290.